The van der Waals surface area contributed by atoms with E-state index < -0.39 is 5.97 Å². The Labute approximate surface area is 179 Å². The van der Waals surface area contributed by atoms with Gasteiger partial charge in [-0.15, -0.1) is 11.3 Å². The number of hydrogen-bond donors (Lipinski definition) is 2. The molecule has 1 aliphatic heterocycles. The number of nitrogens with zero attached hydrogens (tertiary/aromatic N) is 2. The minimum atomic E-state index is -1.00. The third-order valence-electron chi connectivity index (χ3n) is 5.00. The van der Waals surface area contributed by atoms with Crippen LogP contribution >= 0.6 is 23.1 Å². The minimum Gasteiger partial charge on any atom is -0.476 e. The van der Waals surface area contributed by atoms with Gasteiger partial charge in [0.25, 0.3) is 0 Å². The summed E-state index contributed by atoms with van der Waals surface area (Å²) in [5, 5.41) is 14.0. The highest BCUT2D eigenvalue weighted by atomic mass is 32.2. The molecule has 2 heterocycles. The van der Waals surface area contributed by atoms with Crippen LogP contribution in [0.2, 0.25) is 0 Å². The van der Waals surface area contributed by atoms with E-state index in [1.54, 1.807) is 5.38 Å². The van der Waals surface area contributed by atoms with Crippen LogP contribution in [0.5, 0.6) is 0 Å². The van der Waals surface area contributed by atoms with Crippen LogP contribution in [0.25, 0.3) is 0 Å². The Kier molecular flexibility index (Phi) is 8.52. The van der Waals surface area contributed by atoms with Gasteiger partial charge in [0.05, 0.1) is 0 Å². The summed E-state index contributed by atoms with van der Waals surface area (Å²) in [6.07, 6.45) is 4.91. The molecule has 2 aromatic rings. The fourth-order valence-electron chi connectivity index (χ4n) is 3.46. The lowest BCUT2D eigenvalue weighted by Crippen LogP contribution is -2.41. The van der Waals surface area contributed by atoms with Crippen LogP contribution in [0.15, 0.2) is 40.1 Å². The average molecular weight is 434 g/mol. The van der Waals surface area contributed by atoms with Gasteiger partial charge in [-0.05, 0) is 37.8 Å². The van der Waals surface area contributed by atoms with Crippen molar-refractivity contribution in [3.8, 4) is 0 Å². The molecule has 0 bridgehead atoms. The number of aromatic nitrogens is 1. The first kappa shape index (κ1) is 21.8. The number of likely N-dealkylation sites (tertiary alicyclic amines) is 1. The summed E-state index contributed by atoms with van der Waals surface area (Å²) in [6.45, 7) is 2.48. The Morgan fingerprint density at radius 3 is 2.90 bits per heavy atom. The van der Waals surface area contributed by atoms with E-state index >= 15 is 0 Å². The van der Waals surface area contributed by atoms with Gasteiger partial charge in [0, 0.05) is 36.7 Å². The van der Waals surface area contributed by atoms with Gasteiger partial charge >= 0.3 is 5.97 Å². The largest absolute Gasteiger partial charge is 0.476 e. The van der Waals surface area contributed by atoms with Crippen LogP contribution in [-0.2, 0) is 11.2 Å². The van der Waals surface area contributed by atoms with Gasteiger partial charge in [-0.2, -0.15) is 0 Å². The lowest BCUT2D eigenvalue weighted by atomic mass is 10.1. The van der Waals surface area contributed by atoms with E-state index in [1.807, 2.05) is 11.0 Å². The molecule has 6 nitrogen and oxygen atoms in total. The highest BCUT2D eigenvalue weighted by Crippen LogP contribution is 2.24. The second-order valence-corrected chi connectivity index (χ2v) is 9.28. The number of rotatable bonds is 12. The topological polar surface area (TPSA) is 82.5 Å². The average Bonchev–Trinajstić information content (AvgIpc) is 3.33. The van der Waals surface area contributed by atoms with Crippen molar-refractivity contribution in [2.75, 3.05) is 25.4 Å². The molecule has 8 heteroatoms. The second kappa shape index (κ2) is 11.3. The van der Waals surface area contributed by atoms with Crippen molar-refractivity contribution < 1.29 is 14.7 Å². The van der Waals surface area contributed by atoms with Gasteiger partial charge in [0.1, 0.15) is 0 Å². The molecule has 1 saturated heterocycles. The van der Waals surface area contributed by atoms with Crippen molar-refractivity contribution in [3.63, 3.8) is 0 Å². The lowest BCUT2D eigenvalue weighted by molar-refractivity contribution is -0.128. The molecule has 0 radical (unpaired) electrons. The van der Waals surface area contributed by atoms with Gasteiger partial charge in [-0.25, -0.2) is 9.78 Å². The molecule has 1 atom stereocenters. The molecule has 156 valence electrons. The number of carboxylic acids is 1. The third-order valence-corrected chi connectivity index (χ3v) is 7.01. The Bertz CT molecular complexity index is 797. The van der Waals surface area contributed by atoms with E-state index in [-0.39, 0.29) is 17.6 Å². The Hall–Kier alpha value is -1.90. The molecule has 3 rings (SSSR count). The highest BCUT2D eigenvalue weighted by molar-refractivity contribution is 8.01. The number of unbranched alkanes of at least 4 members (excludes halogenated alkanes) is 1. The molecule has 29 heavy (non-hydrogen) atoms. The second-order valence-electron chi connectivity index (χ2n) is 7.08. The number of carbonyl (C=O) groups excluding carboxylic acids is 1. The van der Waals surface area contributed by atoms with Gasteiger partial charge in [0.15, 0.2) is 10.0 Å². The summed E-state index contributed by atoms with van der Waals surface area (Å²) < 4.78 is 0.738. The van der Waals surface area contributed by atoms with Crippen LogP contribution in [0.3, 0.4) is 0 Å². The number of thioether (sulfide) groups is 1. The van der Waals surface area contributed by atoms with Gasteiger partial charge < -0.3 is 15.3 Å². The molecule has 0 saturated carbocycles. The monoisotopic (exact) mass is 433 g/mol. The number of carbonyl (C=O) groups is 2. The van der Waals surface area contributed by atoms with E-state index in [0.717, 1.165) is 48.9 Å². The number of carboxylic acid groups (broad SMARTS) is 1. The summed E-state index contributed by atoms with van der Waals surface area (Å²) in [7, 11) is 0. The van der Waals surface area contributed by atoms with E-state index in [4.69, 9.17) is 5.11 Å². The molecule has 2 N–H and O–H groups in total. The summed E-state index contributed by atoms with van der Waals surface area (Å²) in [5.41, 5.74) is 1.47. The van der Waals surface area contributed by atoms with Crippen LogP contribution in [0, 0.1) is 0 Å². The molecule has 1 unspecified atom stereocenters. The molecule has 1 aromatic heterocycles. The Morgan fingerprint density at radius 2 is 2.14 bits per heavy atom. The number of aromatic carboxylic acids is 1. The van der Waals surface area contributed by atoms with E-state index in [0.29, 0.717) is 13.0 Å². The quantitative estimate of drug-likeness (QED) is 0.394. The van der Waals surface area contributed by atoms with Gasteiger partial charge in [-0.1, -0.05) is 42.1 Å². The van der Waals surface area contributed by atoms with Crippen molar-refractivity contribution in [3.05, 3.63) is 47.0 Å². The number of aryl methyl sites for hydroxylation is 1. The fourth-order valence-corrected chi connectivity index (χ4v) is 5.27. The predicted octanol–water partition coefficient (Wildman–Crippen LogP) is 3.54. The summed E-state index contributed by atoms with van der Waals surface area (Å²) in [5.74, 6) is -0.0594. The van der Waals surface area contributed by atoms with Crippen LogP contribution < -0.4 is 5.32 Å². The van der Waals surface area contributed by atoms with Crippen LogP contribution in [0.4, 0.5) is 0 Å². The zero-order chi connectivity index (χ0) is 20.5. The highest BCUT2D eigenvalue weighted by Gasteiger charge is 2.30. The number of amides is 1. The normalized spacial score (nSPS) is 16.5. The number of thiazole rings is 1. The lowest BCUT2D eigenvalue weighted by Gasteiger charge is -2.25. The molecule has 1 aliphatic rings. The zero-order valence-electron chi connectivity index (χ0n) is 16.4. The molecule has 0 spiro atoms. The molecular formula is C21H27N3O3S2. The summed E-state index contributed by atoms with van der Waals surface area (Å²) >= 11 is 2.85. The molecular weight excluding hydrogens is 406 g/mol. The van der Waals surface area contributed by atoms with Gasteiger partial charge in [-0.3, -0.25) is 4.79 Å². The molecule has 1 aromatic carbocycles. The van der Waals surface area contributed by atoms with Crippen molar-refractivity contribution in [1.82, 2.24) is 15.2 Å². The molecule has 1 fully saturated rings. The zero-order valence-corrected chi connectivity index (χ0v) is 18.0. The molecule has 1 amide bonds. The minimum absolute atomic E-state index is 0.0871. The first-order chi connectivity index (χ1) is 14.1. The van der Waals surface area contributed by atoms with Crippen molar-refractivity contribution >= 4 is 35.0 Å². The maximum Gasteiger partial charge on any atom is 0.355 e. The maximum atomic E-state index is 12.2. The van der Waals surface area contributed by atoms with Gasteiger partial charge in [0.2, 0.25) is 5.91 Å². The first-order valence-electron chi connectivity index (χ1n) is 9.99. The van der Waals surface area contributed by atoms with Crippen molar-refractivity contribution in [2.24, 2.45) is 0 Å². The van der Waals surface area contributed by atoms with E-state index in [2.05, 4.69) is 34.6 Å². The Balaban J connectivity index is 1.32. The van der Waals surface area contributed by atoms with E-state index in [1.165, 1.54) is 28.7 Å². The number of nitrogens with one attached hydrogen (secondary N) is 1. The number of benzene rings is 1. The smallest absolute Gasteiger partial charge is 0.355 e. The third kappa shape index (κ3) is 6.83. The summed E-state index contributed by atoms with van der Waals surface area (Å²) in [6, 6.07) is 10.8. The predicted molar refractivity (Wildman–Crippen MR) is 117 cm³/mol. The SMILES string of the molecule is O=C(O)c1csc(SCCN2C(=O)CCC2CNCCCCc2ccccc2)n1. The van der Waals surface area contributed by atoms with E-state index in [9.17, 15) is 9.59 Å². The van der Waals surface area contributed by atoms with Crippen molar-refractivity contribution in [2.45, 2.75) is 42.5 Å². The fraction of sp³-hybridized carbons (Fsp3) is 0.476. The maximum absolute atomic E-state index is 12.2. The first-order valence-corrected chi connectivity index (χ1v) is 11.9. The van der Waals surface area contributed by atoms with Crippen LogP contribution in [-0.4, -0.2) is 58.3 Å². The number of hydrogen-bond acceptors (Lipinski definition) is 6. The van der Waals surface area contributed by atoms with Crippen molar-refractivity contribution in [1.29, 1.82) is 0 Å². The standard InChI is InChI=1S/C21H27N3O3S2/c25-19-10-9-17(14-22-11-5-4-8-16-6-2-1-3-7-16)24(19)12-13-28-21-23-18(15-29-21)20(26)27/h1-3,6-7,15,17,22H,4-5,8-14H2,(H,26,27). The molecule has 0 aliphatic carbocycles. The summed E-state index contributed by atoms with van der Waals surface area (Å²) in [4.78, 5) is 29.2. The van der Waals surface area contributed by atoms with Crippen LogP contribution in [0.1, 0.15) is 41.7 Å². The Morgan fingerprint density at radius 1 is 1.31 bits per heavy atom.